The van der Waals surface area contributed by atoms with E-state index in [2.05, 4.69) is 18.0 Å². The highest BCUT2D eigenvalue weighted by molar-refractivity contribution is 5.41. The number of methoxy groups -OCH3 is 1. The summed E-state index contributed by atoms with van der Waals surface area (Å²) >= 11 is 0. The Morgan fingerprint density at radius 1 is 1.31 bits per heavy atom. The molecule has 0 saturated carbocycles. The van der Waals surface area contributed by atoms with E-state index in [0.717, 1.165) is 24.2 Å². The van der Waals surface area contributed by atoms with Crippen LogP contribution in [0.2, 0.25) is 0 Å². The van der Waals surface area contributed by atoms with Crippen molar-refractivity contribution in [3.8, 4) is 5.75 Å². The molecule has 0 spiro atoms. The van der Waals surface area contributed by atoms with Gasteiger partial charge in [-0.1, -0.05) is 6.07 Å². The van der Waals surface area contributed by atoms with Crippen LogP contribution in [0.25, 0.3) is 0 Å². The maximum absolute atomic E-state index is 9.91. The second-order valence-corrected chi connectivity index (χ2v) is 3.82. The Bertz CT molecular complexity index is 407. The number of hydrogen-bond acceptors (Lipinski definition) is 3. The number of isocyanates is 1. The molecule has 0 bridgehead atoms. The van der Waals surface area contributed by atoms with Crippen molar-refractivity contribution in [2.45, 2.75) is 26.7 Å². The zero-order valence-corrected chi connectivity index (χ0v) is 10.0. The van der Waals surface area contributed by atoms with E-state index in [1.54, 1.807) is 13.2 Å². The standard InChI is InChI=1S/C13H17NO2/c1-10-8-13(16-3)11(2)7-12(10)5-4-6-14-9-15/h7-8H,4-6H2,1-3H3. The molecular weight excluding hydrogens is 202 g/mol. The Morgan fingerprint density at radius 2 is 2.06 bits per heavy atom. The molecule has 0 aliphatic heterocycles. The number of hydrogen-bond donors (Lipinski definition) is 0. The van der Waals surface area contributed by atoms with Gasteiger partial charge in [-0.2, -0.15) is 0 Å². The zero-order chi connectivity index (χ0) is 12.0. The lowest BCUT2D eigenvalue weighted by Gasteiger charge is -2.10. The third kappa shape index (κ3) is 3.21. The highest BCUT2D eigenvalue weighted by Crippen LogP contribution is 2.23. The largest absolute Gasteiger partial charge is 0.496 e. The normalized spacial score (nSPS) is 9.69. The summed E-state index contributed by atoms with van der Waals surface area (Å²) in [6.45, 7) is 4.65. The third-order valence-electron chi connectivity index (χ3n) is 2.63. The molecule has 0 fully saturated rings. The molecule has 0 amide bonds. The Kier molecular flexibility index (Phi) is 4.74. The molecule has 3 heteroatoms. The molecule has 1 rings (SSSR count). The molecule has 0 aromatic heterocycles. The van der Waals surface area contributed by atoms with E-state index in [-0.39, 0.29) is 0 Å². The van der Waals surface area contributed by atoms with Crippen LogP contribution < -0.4 is 4.74 Å². The van der Waals surface area contributed by atoms with E-state index in [9.17, 15) is 4.79 Å². The van der Waals surface area contributed by atoms with Crippen molar-refractivity contribution in [3.63, 3.8) is 0 Å². The fourth-order valence-corrected chi connectivity index (χ4v) is 1.73. The van der Waals surface area contributed by atoms with Gasteiger partial charge in [0.25, 0.3) is 0 Å². The lowest BCUT2D eigenvalue weighted by atomic mass is 10.0. The van der Waals surface area contributed by atoms with E-state index >= 15 is 0 Å². The van der Waals surface area contributed by atoms with Crippen molar-refractivity contribution in [3.05, 3.63) is 28.8 Å². The van der Waals surface area contributed by atoms with Crippen LogP contribution in [-0.2, 0) is 11.2 Å². The summed E-state index contributed by atoms with van der Waals surface area (Å²) in [4.78, 5) is 13.5. The molecule has 0 aliphatic carbocycles. The van der Waals surface area contributed by atoms with Gasteiger partial charge in [0, 0.05) is 0 Å². The van der Waals surface area contributed by atoms with Crippen molar-refractivity contribution in [1.29, 1.82) is 0 Å². The van der Waals surface area contributed by atoms with Crippen LogP contribution in [0.3, 0.4) is 0 Å². The van der Waals surface area contributed by atoms with Gasteiger partial charge >= 0.3 is 0 Å². The number of aryl methyl sites for hydroxylation is 3. The molecular formula is C13H17NO2. The lowest BCUT2D eigenvalue weighted by molar-refractivity contribution is 0.411. The predicted octanol–water partition coefficient (Wildman–Crippen LogP) is 2.58. The summed E-state index contributed by atoms with van der Waals surface area (Å²) in [7, 11) is 1.68. The van der Waals surface area contributed by atoms with E-state index in [1.165, 1.54) is 11.1 Å². The summed E-state index contributed by atoms with van der Waals surface area (Å²) in [5.74, 6) is 0.923. The summed E-state index contributed by atoms with van der Waals surface area (Å²) in [5.41, 5.74) is 3.65. The van der Waals surface area contributed by atoms with Gasteiger partial charge in [0.05, 0.1) is 13.7 Å². The summed E-state index contributed by atoms with van der Waals surface area (Å²) < 4.78 is 5.25. The second kappa shape index (κ2) is 6.09. The van der Waals surface area contributed by atoms with Gasteiger partial charge in [-0.25, -0.2) is 9.79 Å². The zero-order valence-electron chi connectivity index (χ0n) is 10.0. The molecule has 0 radical (unpaired) electrons. The molecule has 3 nitrogen and oxygen atoms in total. The first-order chi connectivity index (χ1) is 7.69. The van der Waals surface area contributed by atoms with Crippen molar-refractivity contribution >= 4 is 6.08 Å². The van der Waals surface area contributed by atoms with Crippen molar-refractivity contribution < 1.29 is 9.53 Å². The van der Waals surface area contributed by atoms with Crippen molar-refractivity contribution in [1.82, 2.24) is 0 Å². The minimum atomic E-state index is 0.550. The maximum Gasteiger partial charge on any atom is 0.234 e. The molecule has 0 saturated heterocycles. The Balaban J connectivity index is 2.73. The minimum Gasteiger partial charge on any atom is -0.496 e. The smallest absolute Gasteiger partial charge is 0.234 e. The summed E-state index contributed by atoms with van der Waals surface area (Å²) in [5, 5.41) is 0. The van der Waals surface area contributed by atoms with Crippen LogP contribution >= 0.6 is 0 Å². The van der Waals surface area contributed by atoms with Crippen molar-refractivity contribution in [2.24, 2.45) is 4.99 Å². The number of nitrogens with zero attached hydrogens (tertiary/aromatic N) is 1. The van der Waals surface area contributed by atoms with Crippen LogP contribution in [0.5, 0.6) is 5.75 Å². The molecule has 0 heterocycles. The van der Waals surface area contributed by atoms with Gasteiger partial charge in [-0.15, -0.1) is 0 Å². The van der Waals surface area contributed by atoms with E-state index in [0.29, 0.717) is 6.54 Å². The number of ether oxygens (including phenoxy) is 1. The number of carbonyl (C=O) groups excluding carboxylic acids is 1. The Hall–Kier alpha value is -1.60. The van der Waals surface area contributed by atoms with Crippen LogP contribution in [0.15, 0.2) is 17.1 Å². The molecule has 16 heavy (non-hydrogen) atoms. The second-order valence-electron chi connectivity index (χ2n) is 3.82. The first kappa shape index (κ1) is 12.5. The van der Waals surface area contributed by atoms with Gasteiger partial charge in [0.2, 0.25) is 6.08 Å². The molecule has 1 aromatic rings. The van der Waals surface area contributed by atoms with Crippen LogP contribution in [0.1, 0.15) is 23.1 Å². The molecule has 0 unspecified atom stereocenters. The topological polar surface area (TPSA) is 38.7 Å². The summed E-state index contributed by atoms with van der Waals surface area (Å²) in [6, 6.07) is 4.19. The molecule has 0 atom stereocenters. The summed E-state index contributed by atoms with van der Waals surface area (Å²) in [6.07, 6.45) is 3.36. The fraction of sp³-hybridized carbons (Fsp3) is 0.462. The molecule has 1 aromatic carbocycles. The van der Waals surface area contributed by atoms with E-state index in [1.807, 2.05) is 13.0 Å². The van der Waals surface area contributed by atoms with Crippen molar-refractivity contribution in [2.75, 3.05) is 13.7 Å². The first-order valence-corrected chi connectivity index (χ1v) is 5.36. The van der Waals surface area contributed by atoms with Crippen LogP contribution in [0, 0.1) is 13.8 Å². The van der Waals surface area contributed by atoms with Gasteiger partial charge in [0.1, 0.15) is 5.75 Å². The van der Waals surface area contributed by atoms with Gasteiger partial charge < -0.3 is 4.74 Å². The number of rotatable bonds is 5. The van der Waals surface area contributed by atoms with Gasteiger partial charge in [-0.05, 0) is 49.4 Å². The van der Waals surface area contributed by atoms with E-state index in [4.69, 9.17) is 4.74 Å². The average molecular weight is 219 g/mol. The number of aliphatic imine (C=N–C) groups is 1. The third-order valence-corrected chi connectivity index (χ3v) is 2.63. The Labute approximate surface area is 96.2 Å². The lowest BCUT2D eigenvalue weighted by Crippen LogP contribution is -1.96. The first-order valence-electron chi connectivity index (χ1n) is 5.36. The fourth-order valence-electron chi connectivity index (χ4n) is 1.73. The maximum atomic E-state index is 9.91. The van der Waals surface area contributed by atoms with Crippen LogP contribution in [0.4, 0.5) is 0 Å². The highest BCUT2D eigenvalue weighted by atomic mass is 16.5. The van der Waals surface area contributed by atoms with E-state index < -0.39 is 0 Å². The predicted molar refractivity (Wildman–Crippen MR) is 63.8 cm³/mol. The van der Waals surface area contributed by atoms with Gasteiger partial charge in [0.15, 0.2) is 0 Å². The SMILES string of the molecule is COc1cc(C)c(CCCN=C=O)cc1C. The molecule has 0 N–H and O–H groups in total. The van der Waals surface area contributed by atoms with Crippen LogP contribution in [-0.4, -0.2) is 19.7 Å². The average Bonchev–Trinajstić information content (AvgIpc) is 2.28. The number of benzene rings is 1. The highest BCUT2D eigenvalue weighted by Gasteiger charge is 2.04. The molecule has 86 valence electrons. The Morgan fingerprint density at radius 3 is 2.69 bits per heavy atom. The molecule has 0 aliphatic rings. The van der Waals surface area contributed by atoms with Gasteiger partial charge in [-0.3, -0.25) is 0 Å². The monoisotopic (exact) mass is 219 g/mol. The minimum absolute atomic E-state index is 0.550. The quantitative estimate of drug-likeness (QED) is 0.433.